The highest BCUT2D eigenvalue weighted by Crippen LogP contribution is 2.27. The van der Waals surface area contributed by atoms with Gasteiger partial charge in [-0.2, -0.15) is 0 Å². The summed E-state index contributed by atoms with van der Waals surface area (Å²) in [6.07, 6.45) is 3.42. The second kappa shape index (κ2) is 6.76. The molecule has 3 aromatic rings. The van der Waals surface area contributed by atoms with Crippen LogP contribution in [0.5, 0.6) is 5.75 Å². The van der Waals surface area contributed by atoms with Crippen LogP contribution < -0.4 is 10.1 Å². The highest BCUT2D eigenvalue weighted by Gasteiger charge is 2.15. The highest BCUT2D eigenvalue weighted by atomic mass is 35.5. The van der Waals surface area contributed by atoms with E-state index in [1.807, 2.05) is 17.5 Å². The van der Waals surface area contributed by atoms with Crippen LogP contribution in [0.3, 0.4) is 0 Å². The van der Waals surface area contributed by atoms with Crippen LogP contribution in [0.4, 0.5) is 5.13 Å². The van der Waals surface area contributed by atoms with E-state index < -0.39 is 0 Å². The zero-order chi connectivity index (χ0) is 16.2. The quantitative estimate of drug-likeness (QED) is 0.772. The van der Waals surface area contributed by atoms with Crippen molar-refractivity contribution in [1.82, 2.24) is 9.97 Å². The van der Waals surface area contributed by atoms with Crippen molar-refractivity contribution in [3.05, 3.63) is 58.7 Å². The minimum atomic E-state index is -0.323. The van der Waals surface area contributed by atoms with Gasteiger partial charge in [-0.05, 0) is 30.3 Å². The number of anilines is 1. The Morgan fingerprint density at radius 3 is 2.96 bits per heavy atom. The van der Waals surface area contributed by atoms with Gasteiger partial charge in [0.05, 0.1) is 18.4 Å². The summed E-state index contributed by atoms with van der Waals surface area (Å²) in [4.78, 5) is 20.9. The molecule has 5 nitrogen and oxygen atoms in total. The number of methoxy groups -OCH3 is 1. The molecule has 23 heavy (non-hydrogen) atoms. The van der Waals surface area contributed by atoms with E-state index >= 15 is 0 Å². The molecular weight excluding hydrogens is 334 g/mol. The van der Waals surface area contributed by atoms with Crippen molar-refractivity contribution < 1.29 is 9.53 Å². The van der Waals surface area contributed by atoms with Gasteiger partial charge in [0.25, 0.3) is 5.91 Å². The van der Waals surface area contributed by atoms with Crippen LogP contribution in [0.15, 0.2) is 48.1 Å². The molecule has 0 aliphatic heterocycles. The minimum Gasteiger partial charge on any atom is -0.496 e. The SMILES string of the molecule is COc1ccc(Cl)cc1C(=O)Nc1nc(-c2cccnc2)cs1. The number of nitrogens with zero attached hydrogens (tertiary/aromatic N) is 2. The molecule has 116 valence electrons. The molecule has 2 heterocycles. The molecule has 0 fully saturated rings. The molecule has 0 bridgehead atoms. The van der Waals surface area contributed by atoms with E-state index in [2.05, 4.69) is 15.3 Å². The van der Waals surface area contributed by atoms with Gasteiger partial charge in [0.2, 0.25) is 0 Å². The Morgan fingerprint density at radius 2 is 2.22 bits per heavy atom. The number of carbonyl (C=O) groups excluding carboxylic acids is 1. The summed E-state index contributed by atoms with van der Waals surface area (Å²) in [5.74, 6) is 0.132. The summed E-state index contributed by atoms with van der Waals surface area (Å²) in [5, 5.41) is 5.58. The number of nitrogens with one attached hydrogen (secondary N) is 1. The first-order valence-corrected chi connectivity index (χ1v) is 7.94. The van der Waals surface area contributed by atoms with E-state index in [1.54, 1.807) is 30.6 Å². The molecule has 0 saturated heterocycles. The van der Waals surface area contributed by atoms with Crippen molar-refractivity contribution in [2.45, 2.75) is 0 Å². The molecule has 0 atom stereocenters. The fourth-order valence-corrected chi connectivity index (χ4v) is 2.89. The third-order valence-corrected chi connectivity index (χ3v) is 4.08. The Labute approximate surface area is 141 Å². The molecule has 2 aromatic heterocycles. The molecule has 0 saturated carbocycles. The van der Waals surface area contributed by atoms with Gasteiger partial charge < -0.3 is 4.74 Å². The maximum Gasteiger partial charge on any atom is 0.261 e. The monoisotopic (exact) mass is 345 g/mol. The minimum absolute atomic E-state index is 0.323. The van der Waals surface area contributed by atoms with Crippen LogP contribution in [-0.2, 0) is 0 Å². The first-order chi connectivity index (χ1) is 11.2. The summed E-state index contributed by atoms with van der Waals surface area (Å²) >= 11 is 7.29. The normalized spacial score (nSPS) is 10.3. The van der Waals surface area contributed by atoms with Crippen LogP contribution in [-0.4, -0.2) is 23.0 Å². The molecule has 7 heteroatoms. The predicted octanol–water partition coefficient (Wildman–Crippen LogP) is 4.12. The van der Waals surface area contributed by atoms with Gasteiger partial charge in [0.15, 0.2) is 5.13 Å². The highest BCUT2D eigenvalue weighted by molar-refractivity contribution is 7.14. The van der Waals surface area contributed by atoms with Crippen LogP contribution in [0.2, 0.25) is 5.02 Å². The zero-order valence-corrected chi connectivity index (χ0v) is 13.7. The third kappa shape index (κ3) is 3.49. The lowest BCUT2D eigenvalue weighted by Crippen LogP contribution is -2.13. The molecule has 1 aromatic carbocycles. The van der Waals surface area contributed by atoms with Crippen LogP contribution >= 0.6 is 22.9 Å². The van der Waals surface area contributed by atoms with Crippen molar-refractivity contribution in [2.24, 2.45) is 0 Å². The third-order valence-electron chi connectivity index (χ3n) is 3.09. The summed E-state index contributed by atoms with van der Waals surface area (Å²) in [6, 6.07) is 8.63. The van der Waals surface area contributed by atoms with Crippen molar-refractivity contribution in [1.29, 1.82) is 0 Å². The Kier molecular flexibility index (Phi) is 4.55. The van der Waals surface area contributed by atoms with Gasteiger partial charge in [-0.1, -0.05) is 11.6 Å². The molecule has 0 unspecified atom stereocenters. The molecule has 0 radical (unpaired) electrons. The van der Waals surface area contributed by atoms with E-state index in [9.17, 15) is 4.79 Å². The second-order valence-corrected chi connectivity index (χ2v) is 5.87. The van der Waals surface area contributed by atoms with Crippen LogP contribution in [0, 0.1) is 0 Å². The Balaban J connectivity index is 1.82. The van der Waals surface area contributed by atoms with E-state index in [4.69, 9.17) is 16.3 Å². The topological polar surface area (TPSA) is 64.1 Å². The first kappa shape index (κ1) is 15.5. The lowest BCUT2D eigenvalue weighted by atomic mass is 10.2. The number of thiazole rings is 1. The maximum atomic E-state index is 12.4. The lowest BCUT2D eigenvalue weighted by molar-refractivity contribution is 0.102. The van der Waals surface area contributed by atoms with E-state index in [0.29, 0.717) is 21.5 Å². The number of hydrogen-bond acceptors (Lipinski definition) is 5. The van der Waals surface area contributed by atoms with Crippen molar-refractivity contribution in [3.8, 4) is 17.0 Å². The standard InChI is InChI=1S/C16H12ClN3O2S/c1-22-14-5-4-11(17)7-12(14)15(21)20-16-19-13(9-23-16)10-3-2-6-18-8-10/h2-9H,1H3,(H,19,20,21). The van der Waals surface area contributed by atoms with Crippen LogP contribution in [0.1, 0.15) is 10.4 Å². The average Bonchev–Trinajstić information content (AvgIpc) is 3.04. The van der Waals surface area contributed by atoms with Crippen molar-refractivity contribution in [2.75, 3.05) is 12.4 Å². The summed E-state index contributed by atoms with van der Waals surface area (Å²) in [5.41, 5.74) is 2.01. The lowest BCUT2D eigenvalue weighted by Gasteiger charge is -2.08. The number of halogens is 1. The molecule has 0 aliphatic rings. The fourth-order valence-electron chi connectivity index (χ4n) is 2.00. The number of rotatable bonds is 4. The van der Waals surface area contributed by atoms with Gasteiger partial charge >= 0.3 is 0 Å². The summed E-state index contributed by atoms with van der Waals surface area (Å²) < 4.78 is 5.19. The Bertz CT molecular complexity index is 836. The van der Waals surface area contributed by atoms with Gasteiger partial charge in [0, 0.05) is 28.4 Å². The number of pyridine rings is 1. The van der Waals surface area contributed by atoms with Crippen LogP contribution in [0.25, 0.3) is 11.3 Å². The molecule has 1 N–H and O–H groups in total. The van der Waals surface area contributed by atoms with Crippen molar-refractivity contribution >= 4 is 34.0 Å². The molecule has 1 amide bonds. The largest absolute Gasteiger partial charge is 0.496 e. The number of amides is 1. The van der Waals surface area contributed by atoms with E-state index in [-0.39, 0.29) is 5.91 Å². The number of carbonyl (C=O) groups is 1. The van der Waals surface area contributed by atoms with Gasteiger partial charge in [-0.3, -0.25) is 15.1 Å². The zero-order valence-electron chi connectivity index (χ0n) is 12.1. The van der Waals surface area contributed by atoms with E-state index in [0.717, 1.165) is 11.3 Å². The molecular formula is C16H12ClN3O2S. The first-order valence-electron chi connectivity index (χ1n) is 6.68. The number of ether oxygens (including phenoxy) is 1. The molecule has 3 rings (SSSR count). The number of aromatic nitrogens is 2. The number of benzene rings is 1. The average molecular weight is 346 g/mol. The van der Waals surface area contributed by atoms with Gasteiger partial charge in [0.1, 0.15) is 5.75 Å². The maximum absolute atomic E-state index is 12.4. The Hall–Kier alpha value is -2.44. The smallest absolute Gasteiger partial charge is 0.261 e. The second-order valence-electron chi connectivity index (χ2n) is 4.58. The van der Waals surface area contributed by atoms with Gasteiger partial charge in [-0.25, -0.2) is 4.98 Å². The molecule has 0 spiro atoms. The summed E-state index contributed by atoms with van der Waals surface area (Å²) in [7, 11) is 1.50. The van der Waals surface area contributed by atoms with E-state index in [1.165, 1.54) is 18.4 Å². The summed E-state index contributed by atoms with van der Waals surface area (Å²) in [6.45, 7) is 0. The fraction of sp³-hybridized carbons (Fsp3) is 0.0625. The Morgan fingerprint density at radius 1 is 1.35 bits per heavy atom. The number of hydrogen-bond donors (Lipinski definition) is 1. The molecule has 0 aliphatic carbocycles. The van der Waals surface area contributed by atoms with Gasteiger partial charge in [-0.15, -0.1) is 11.3 Å². The predicted molar refractivity (Wildman–Crippen MR) is 91.3 cm³/mol. The van der Waals surface area contributed by atoms with Crippen molar-refractivity contribution in [3.63, 3.8) is 0 Å².